The number of carbonyl (C=O) groups is 1. The van der Waals surface area contributed by atoms with E-state index < -0.39 is 0 Å². The summed E-state index contributed by atoms with van der Waals surface area (Å²) in [7, 11) is 3.79. The number of likely N-dealkylation sites (N-methyl/N-ethyl adjacent to an activating group) is 1. The van der Waals surface area contributed by atoms with Crippen molar-refractivity contribution in [1.29, 1.82) is 0 Å². The number of aliphatic hydroxyl groups is 1. The molecule has 134 valence electrons. The van der Waals surface area contributed by atoms with Gasteiger partial charge in [0.05, 0.1) is 6.54 Å². The zero-order valence-corrected chi connectivity index (χ0v) is 14.6. The van der Waals surface area contributed by atoms with Gasteiger partial charge in [-0.05, 0) is 37.6 Å². The van der Waals surface area contributed by atoms with E-state index in [0.29, 0.717) is 18.9 Å². The van der Waals surface area contributed by atoms with Crippen LogP contribution in [-0.4, -0.2) is 55.3 Å². The molecular weight excluding hydrogens is 320 g/mol. The van der Waals surface area contributed by atoms with E-state index in [0.717, 1.165) is 24.2 Å². The Labute approximate surface area is 146 Å². The Morgan fingerprint density at radius 1 is 1.36 bits per heavy atom. The molecule has 0 spiro atoms. The van der Waals surface area contributed by atoms with Crippen molar-refractivity contribution in [3.8, 4) is 0 Å². The third-order valence-corrected chi connectivity index (χ3v) is 4.62. The van der Waals surface area contributed by atoms with Gasteiger partial charge >= 0.3 is 0 Å². The van der Waals surface area contributed by atoms with Gasteiger partial charge in [-0.2, -0.15) is 0 Å². The van der Waals surface area contributed by atoms with Crippen LogP contribution in [0.2, 0.25) is 0 Å². The number of carbonyl (C=O) groups excluding carboxylic acids is 1. The Kier molecular flexibility index (Phi) is 5.40. The highest BCUT2D eigenvalue weighted by atomic mass is 16.3. The number of aromatic nitrogens is 4. The van der Waals surface area contributed by atoms with Crippen LogP contribution in [0.4, 0.5) is 0 Å². The maximum absolute atomic E-state index is 12.2. The fourth-order valence-electron chi connectivity index (χ4n) is 3.19. The smallest absolute Gasteiger partial charge is 0.234 e. The molecule has 2 aromatic rings. The first-order chi connectivity index (χ1) is 12.1. The molecule has 0 saturated heterocycles. The Morgan fingerprint density at radius 3 is 2.72 bits per heavy atom. The summed E-state index contributed by atoms with van der Waals surface area (Å²) < 4.78 is 1.84. The molecule has 2 aromatic heterocycles. The van der Waals surface area contributed by atoms with Gasteiger partial charge < -0.3 is 15.0 Å². The molecule has 0 aromatic carbocycles. The molecule has 1 aliphatic carbocycles. The van der Waals surface area contributed by atoms with E-state index in [-0.39, 0.29) is 24.5 Å². The number of pyridine rings is 1. The van der Waals surface area contributed by atoms with Crippen molar-refractivity contribution >= 4 is 5.91 Å². The third kappa shape index (κ3) is 4.21. The molecule has 8 nitrogen and oxygen atoms in total. The second kappa shape index (κ2) is 7.71. The van der Waals surface area contributed by atoms with E-state index in [9.17, 15) is 9.90 Å². The Balaban J connectivity index is 1.42. The molecule has 0 atom stereocenters. The van der Waals surface area contributed by atoms with Crippen molar-refractivity contribution in [3.63, 3.8) is 0 Å². The van der Waals surface area contributed by atoms with Gasteiger partial charge in [0.1, 0.15) is 12.4 Å². The van der Waals surface area contributed by atoms with E-state index in [1.165, 1.54) is 0 Å². The minimum atomic E-state index is -0.111. The number of aliphatic hydroxyl groups excluding tert-OH is 1. The summed E-state index contributed by atoms with van der Waals surface area (Å²) in [5, 5.41) is 20.4. The lowest BCUT2D eigenvalue weighted by Gasteiger charge is -2.35. The number of hydrogen-bond acceptors (Lipinski definition) is 6. The molecule has 1 amide bonds. The van der Waals surface area contributed by atoms with Gasteiger partial charge in [0.2, 0.25) is 5.91 Å². The van der Waals surface area contributed by atoms with Crippen LogP contribution in [0, 0.1) is 0 Å². The SMILES string of the molecule is CN(CC(=O)NC1CC(c2nnc(CO)n2C)C1)Cc1ccncc1. The summed E-state index contributed by atoms with van der Waals surface area (Å²) in [6.45, 7) is 0.967. The van der Waals surface area contributed by atoms with Crippen LogP contribution < -0.4 is 5.32 Å². The lowest BCUT2D eigenvalue weighted by Crippen LogP contribution is -2.47. The van der Waals surface area contributed by atoms with E-state index in [2.05, 4.69) is 20.5 Å². The predicted molar refractivity (Wildman–Crippen MR) is 91.4 cm³/mol. The molecule has 0 bridgehead atoms. The topological polar surface area (TPSA) is 96.2 Å². The number of nitrogens with one attached hydrogen (secondary N) is 1. The highest BCUT2D eigenvalue weighted by molar-refractivity contribution is 5.78. The van der Waals surface area contributed by atoms with Crippen LogP contribution >= 0.6 is 0 Å². The van der Waals surface area contributed by atoms with Crippen molar-refractivity contribution in [2.75, 3.05) is 13.6 Å². The molecule has 2 N–H and O–H groups in total. The predicted octanol–water partition coefficient (Wildman–Crippen LogP) is 0.197. The van der Waals surface area contributed by atoms with Crippen molar-refractivity contribution < 1.29 is 9.90 Å². The summed E-state index contributed by atoms with van der Waals surface area (Å²) >= 11 is 0. The van der Waals surface area contributed by atoms with Gasteiger partial charge in [0, 0.05) is 37.9 Å². The summed E-state index contributed by atoms with van der Waals surface area (Å²) in [5.74, 6) is 1.77. The van der Waals surface area contributed by atoms with E-state index in [4.69, 9.17) is 0 Å². The van der Waals surface area contributed by atoms with Crippen molar-refractivity contribution in [2.24, 2.45) is 7.05 Å². The fraction of sp³-hybridized carbons (Fsp3) is 0.529. The maximum Gasteiger partial charge on any atom is 0.234 e. The lowest BCUT2D eigenvalue weighted by molar-refractivity contribution is -0.123. The summed E-state index contributed by atoms with van der Waals surface area (Å²) in [6, 6.07) is 4.08. The highest BCUT2D eigenvalue weighted by Gasteiger charge is 2.34. The van der Waals surface area contributed by atoms with Gasteiger partial charge in [-0.15, -0.1) is 10.2 Å². The van der Waals surface area contributed by atoms with Gasteiger partial charge in [0.15, 0.2) is 5.82 Å². The number of nitrogens with zero attached hydrogens (tertiary/aromatic N) is 5. The number of hydrogen-bond donors (Lipinski definition) is 2. The van der Waals surface area contributed by atoms with Crippen molar-refractivity contribution in [2.45, 2.75) is 38.0 Å². The van der Waals surface area contributed by atoms with Crippen LogP contribution in [0.15, 0.2) is 24.5 Å². The molecular formula is C17H24N6O2. The molecule has 1 aliphatic rings. The van der Waals surface area contributed by atoms with Crippen LogP contribution in [-0.2, 0) is 25.0 Å². The minimum Gasteiger partial charge on any atom is -0.388 e. The molecule has 0 aliphatic heterocycles. The highest BCUT2D eigenvalue weighted by Crippen LogP contribution is 2.35. The summed E-state index contributed by atoms with van der Waals surface area (Å²) in [6.07, 6.45) is 5.23. The summed E-state index contributed by atoms with van der Waals surface area (Å²) in [5.41, 5.74) is 1.14. The van der Waals surface area contributed by atoms with Gasteiger partial charge in [0.25, 0.3) is 0 Å². The molecule has 1 saturated carbocycles. The maximum atomic E-state index is 12.2. The van der Waals surface area contributed by atoms with Crippen molar-refractivity contribution in [1.82, 2.24) is 30.0 Å². The van der Waals surface area contributed by atoms with Crippen molar-refractivity contribution in [3.05, 3.63) is 41.7 Å². The number of rotatable bonds is 7. The van der Waals surface area contributed by atoms with E-state index in [1.54, 1.807) is 12.4 Å². The van der Waals surface area contributed by atoms with Crippen LogP contribution in [0.25, 0.3) is 0 Å². The third-order valence-electron chi connectivity index (χ3n) is 4.62. The molecule has 25 heavy (non-hydrogen) atoms. The quantitative estimate of drug-likeness (QED) is 0.745. The monoisotopic (exact) mass is 344 g/mol. The number of amides is 1. The van der Waals surface area contributed by atoms with Gasteiger partial charge in [-0.3, -0.25) is 14.7 Å². The molecule has 8 heteroatoms. The molecule has 3 rings (SSSR count). The zero-order chi connectivity index (χ0) is 17.8. The normalized spacial score (nSPS) is 19.7. The minimum absolute atomic E-state index is 0.0361. The zero-order valence-electron chi connectivity index (χ0n) is 14.6. The van der Waals surface area contributed by atoms with Gasteiger partial charge in [-0.1, -0.05) is 0 Å². The second-order valence-corrected chi connectivity index (χ2v) is 6.65. The van der Waals surface area contributed by atoms with E-state index >= 15 is 0 Å². The molecule has 0 radical (unpaired) electrons. The molecule has 2 heterocycles. The Hall–Kier alpha value is -2.32. The molecule has 0 unspecified atom stereocenters. The van der Waals surface area contributed by atoms with Gasteiger partial charge in [-0.25, -0.2) is 0 Å². The first kappa shape index (κ1) is 17.5. The fourth-order valence-corrected chi connectivity index (χ4v) is 3.19. The average Bonchev–Trinajstić information content (AvgIpc) is 2.91. The standard InChI is InChI=1S/C17H24N6O2/c1-22(9-12-3-5-18-6-4-12)10-16(25)19-14-7-13(8-14)17-21-20-15(11-24)23(17)2/h3-6,13-14,24H,7-11H2,1-2H3,(H,19,25). The summed E-state index contributed by atoms with van der Waals surface area (Å²) in [4.78, 5) is 18.2. The first-order valence-electron chi connectivity index (χ1n) is 8.42. The Bertz CT molecular complexity index is 711. The molecule has 1 fully saturated rings. The Morgan fingerprint density at radius 2 is 2.08 bits per heavy atom. The van der Waals surface area contributed by atoms with Crippen LogP contribution in [0.3, 0.4) is 0 Å². The average molecular weight is 344 g/mol. The van der Waals surface area contributed by atoms with Crippen LogP contribution in [0.5, 0.6) is 0 Å². The van der Waals surface area contributed by atoms with E-state index in [1.807, 2.05) is 35.7 Å². The lowest BCUT2D eigenvalue weighted by atomic mass is 9.79. The largest absolute Gasteiger partial charge is 0.388 e. The van der Waals surface area contributed by atoms with Crippen LogP contribution in [0.1, 0.15) is 36.0 Å². The first-order valence-corrected chi connectivity index (χ1v) is 8.42. The second-order valence-electron chi connectivity index (χ2n) is 6.65.